The summed E-state index contributed by atoms with van der Waals surface area (Å²) in [5, 5.41) is 19.9. The lowest BCUT2D eigenvalue weighted by Crippen LogP contribution is -2.31. The molecule has 0 heterocycles. The molecule has 0 aliphatic heterocycles. The molecule has 0 saturated heterocycles. The maximum absolute atomic E-state index is 13.2. The summed E-state index contributed by atoms with van der Waals surface area (Å²) in [7, 11) is 0. The van der Waals surface area contributed by atoms with Gasteiger partial charge < -0.3 is 21.3 Å². The molecule has 0 unspecified atom stereocenters. The molecule has 0 spiro atoms. The first-order valence-electron chi connectivity index (χ1n) is 5.17. The van der Waals surface area contributed by atoms with E-state index in [1.165, 1.54) is 0 Å². The highest BCUT2D eigenvalue weighted by molar-refractivity contribution is 5.91. The van der Waals surface area contributed by atoms with Crippen LogP contribution >= 0.6 is 0 Å². The van der Waals surface area contributed by atoms with Crippen LogP contribution in [0.4, 0.5) is 10.1 Å². The summed E-state index contributed by atoms with van der Waals surface area (Å²) in [6, 6.07) is 2.08. The van der Waals surface area contributed by atoms with Gasteiger partial charge in [-0.05, 0) is 18.6 Å². The molecule has 1 amide bonds. The Balaban J connectivity index is 2.54. The fourth-order valence-electron chi connectivity index (χ4n) is 1.23. The monoisotopic (exact) mass is 256 g/mol. The van der Waals surface area contributed by atoms with Crippen LogP contribution in [0.3, 0.4) is 0 Å². The van der Waals surface area contributed by atoms with Crippen LogP contribution in [0.25, 0.3) is 0 Å². The van der Waals surface area contributed by atoms with Crippen LogP contribution in [0.5, 0.6) is 5.75 Å². The topological polar surface area (TPSA) is 113 Å². The second-order valence-electron chi connectivity index (χ2n) is 3.70. The van der Waals surface area contributed by atoms with E-state index < -0.39 is 23.7 Å². The summed E-state index contributed by atoms with van der Waals surface area (Å²) in [6.07, 6.45) is -0.204. The smallest absolute Gasteiger partial charge is 0.320 e. The molecule has 5 N–H and O–H groups in total. The van der Waals surface area contributed by atoms with Gasteiger partial charge in [-0.25, -0.2) is 4.39 Å². The van der Waals surface area contributed by atoms with Gasteiger partial charge in [-0.1, -0.05) is 0 Å². The zero-order valence-electron chi connectivity index (χ0n) is 9.39. The van der Waals surface area contributed by atoms with Crippen molar-refractivity contribution in [2.24, 2.45) is 5.73 Å². The Bertz CT molecular complexity index is 464. The number of phenols is 1. The lowest BCUT2D eigenvalue weighted by Gasteiger charge is -2.08. The Morgan fingerprint density at radius 3 is 2.72 bits per heavy atom. The highest BCUT2D eigenvalue weighted by Gasteiger charge is 2.14. The molecule has 98 valence electrons. The van der Waals surface area contributed by atoms with Gasteiger partial charge in [0.1, 0.15) is 17.6 Å². The summed E-state index contributed by atoms with van der Waals surface area (Å²) in [4.78, 5) is 21.8. The first kappa shape index (κ1) is 13.9. The number of phenolic OH excluding ortho intramolecular Hbond substituents is 1. The molecule has 1 aromatic carbocycles. The standard InChI is InChI=1S/C11H13FN2O4/c12-7-2-1-6(15)5-9(7)14-10(16)4-3-8(13)11(17)18/h1-2,5,8,15H,3-4,13H2,(H,14,16)(H,17,18)/t8-/m0/s1. The van der Waals surface area contributed by atoms with Gasteiger partial charge in [0, 0.05) is 12.5 Å². The molecule has 0 aliphatic rings. The average Bonchev–Trinajstić information content (AvgIpc) is 2.30. The molecule has 18 heavy (non-hydrogen) atoms. The Labute approximate surface area is 102 Å². The van der Waals surface area contributed by atoms with E-state index in [1.807, 2.05) is 0 Å². The maximum Gasteiger partial charge on any atom is 0.320 e. The minimum absolute atomic E-state index is 0.0540. The number of aromatic hydroxyl groups is 1. The number of anilines is 1. The number of nitrogens with two attached hydrogens (primary N) is 1. The number of halogens is 1. The van der Waals surface area contributed by atoms with Crippen molar-refractivity contribution in [2.45, 2.75) is 18.9 Å². The van der Waals surface area contributed by atoms with Gasteiger partial charge >= 0.3 is 5.97 Å². The third-order valence-corrected chi connectivity index (χ3v) is 2.22. The molecule has 1 rings (SSSR count). The second kappa shape index (κ2) is 5.97. The molecule has 0 radical (unpaired) electrons. The van der Waals surface area contributed by atoms with Gasteiger partial charge in [0.15, 0.2) is 0 Å². The minimum Gasteiger partial charge on any atom is -0.508 e. The predicted octanol–water partition coefficient (Wildman–Crippen LogP) is 0.662. The molecular weight excluding hydrogens is 243 g/mol. The van der Waals surface area contributed by atoms with Crippen molar-refractivity contribution in [1.29, 1.82) is 0 Å². The van der Waals surface area contributed by atoms with Gasteiger partial charge in [-0.2, -0.15) is 0 Å². The quantitative estimate of drug-likeness (QED) is 0.618. The van der Waals surface area contributed by atoms with E-state index in [2.05, 4.69) is 5.32 Å². The van der Waals surface area contributed by atoms with E-state index in [9.17, 15) is 14.0 Å². The van der Waals surface area contributed by atoms with E-state index in [4.69, 9.17) is 15.9 Å². The zero-order chi connectivity index (χ0) is 13.7. The van der Waals surface area contributed by atoms with E-state index in [0.717, 1.165) is 18.2 Å². The van der Waals surface area contributed by atoms with Crippen LogP contribution in [0.15, 0.2) is 18.2 Å². The van der Waals surface area contributed by atoms with Crippen LogP contribution in [-0.4, -0.2) is 28.1 Å². The van der Waals surface area contributed by atoms with Gasteiger partial charge in [0.25, 0.3) is 0 Å². The first-order valence-corrected chi connectivity index (χ1v) is 5.17. The fourth-order valence-corrected chi connectivity index (χ4v) is 1.23. The number of hydrogen-bond donors (Lipinski definition) is 4. The molecule has 0 aromatic heterocycles. The van der Waals surface area contributed by atoms with Gasteiger partial charge in [-0.15, -0.1) is 0 Å². The summed E-state index contributed by atoms with van der Waals surface area (Å²) < 4.78 is 13.2. The molecule has 0 bridgehead atoms. The summed E-state index contributed by atoms with van der Waals surface area (Å²) >= 11 is 0. The van der Waals surface area contributed by atoms with E-state index in [1.54, 1.807) is 0 Å². The van der Waals surface area contributed by atoms with Crippen molar-refractivity contribution in [2.75, 3.05) is 5.32 Å². The van der Waals surface area contributed by atoms with Gasteiger partial charge in [0.2, 0.25) is 5.91 Å². The normalized spacial score (nSPS) is 11.9. The van der Waals surface area contributed by atoms with Crippen LogP contribution < -0.4 is 11.1 Å². The van der Waals surface area contributed by atoms with Gasteiger partial charge in [-0.3, -0.25) is 9.59 Å². The van der Waals surface area contributed by atoms with Crippen molar-refractivity contribution in [3.8, 4) is 5.75 Å². The molecule has 0 aliphatic carbocycles. The molecule has 0 saturated carbocycles. The molecule has 7 heteroatoms. The maximum atomic E-state index is 13.2. The number of carboxylic acid groups (broad SMARTS) is 1. The zero-order valence-corrected chi connectivity index (χ0v) is 9.39. The number of benzene rings is 1. The molecule has 1 aromatic rings. The van der Waals surface area contributed by atoms with Crippen molar-refractivity contribution < 1.29 is 24.2 Å². The largest absolute Gasteiger partial charge is 0.508 e. The average molecular weight is 256 g/mol. The Kier molecular flexibility index (Phi) is 4.61. The molecule has 6 nitrogen and oxygen atoms in total. The third kappa shape index (κ3) is 4.02. The number of amides is 1. The number of hydrogen-bond acceptors (Lipinski definition) is 4. The summed E-state index contributed by atoms with van der Waals surface area (Å²) in [5.74, 6) is -2.65. The number of carbonyl (C=O) groups is 2. The van der Waals surface area contributed by atoms with Crippen molar-refractivity contribution >= 4 is 17.6 Å². The number of aliphatic carboxylic acids is 1. The van der Waals surface area contributed by atoms with E-state index in [0.29, 0.717) is 0 Å². The summed E-state index contributed by atoms with van der Waals surface area (Å²) in [6.45, 7) is 0. The van der Waals surface area contributed by atoms with Crippen molar-refractivity contribution in [3.63, 3.8) is 0 Å². The summed E-state index contributed by atoms with van der Waals surface area (Å²) in [5.41, 5.74) is 5.06. The van der Waals surface area contributed by atoms with Crippen molar-refractivity contribution in [3.05, 3.63) is 24.0 Å². The van der Waals surface area contributed by atoms with Gasteiger partial charge in [0.05, 0.1) is 5.69 Å². The van der Waals surface area contributed by atoms with E-state index >= 15 is 0 Å². The van der Waals surface area contributed by atoms with Crippen LogP contribution in [0.1, 0.15) is 12.8 Å². The lowest BCUT2D eigenvalue weighted by molar-refractivity contribution is -0.138. The SMILES string of the molecule is N[C@@H](CCC(=O)Nc1cc(O)ccc1F)C(=O)O. The Morgan fingerprint density at radius 2 is 2.11 bits per heavy atom. The molecule has 1 atom stereocenters. The molecular formula is C11H13FN2O4. The molecule has 0 fully saturated rings. The van der Waals surface area contributed by atoms with Crippen molar-refractivity contribution in [1.82, 2.24) is 0 Å². The highest BCUT2D eigenvalue weighted by atomic mass is 19.1. The Hall–Kier alpha value is -2.15. The number of carboxylic acids is 1. The van der Waals surface area contributed by atoms with E-state index in [-0.39, 0.29) is 24.3 Å². The predicted molar refractivity (Wildman–Crippen MR) is 61.5 cm³/mol. The highest BCUT2D eigenvalue weighted by Crippen LogP contribution is 2.20. The number of nitrogens with one attached hydrogen (secondary N) is 1. The van der Waals surface area contributed by atoms with Crippen LogP contribution in [0.2, 0.25) is 0 Å². The lowest BCUT2D eigenvalue weighted by atomic mass is 10.1. The number of rotatable bonds is 5. The Morgan fingerprint density at radius 1 is 1.44 bits per heavy atom. The fraction of sp³-hybridized carbons (Fsp3) is 0.273. The van der Waals surface area contributed by atoms with Crippen LogP contribution in [0, 0.1) is 5.82 Å². The second-order valence-corrected chi connectivity index (χ2v) is 3.70. The first-order chi connectivity index (χ1) is 8.40. The number of carbonyl (C=O) groups excluding carboxylic acids is 1. The minimum atomic E-state index is -1.20. The third-order valence-electron chi connectivity index (χ3n) is 2.22. The van der Waals surface area contributed by atoms with Crippen LogP contribution in [-0.2, 0) is 9.59 Å².